The molecule has 1 aromatic heterocycles. The molecular formula is C19H24N2. The Morgan fingerprint density at radius 1 is 1.14 bits per heavy atom. The lowest BCUT2D eigenvalue weighted by atomic mass is 9.74. The zero-order chi connectivity index (χ0) is 14.7. The van der Waals surface area contributed by atoms with Gasteiger partial charge in [-0.3, -0.25) is 4.98 Å². The number of pyridine rings is 1. The second-order valence-electron chi connectivity index (χ2n) is 6.07. The SMILES string of the molecule is CCc1cccnc1CNC1CC(c2ccccc2C)C1. The first kappa shape index (κ1) is 14.3. The molecule has 1 aliphatic rings. The molecule has 0 amide bonds. The number of aromatic nitrogens is 1. The minimum atomic E-state index is 0.640. The maximum Gasteiger partial charge on any atom is 0.0573 e. The van der Waals surface area contributed by atoms with Gasteiger partial charge in [0.25, 0.3) is 0 Å². The molecule has 1 fully saturated rings. The van der Waals surface area contributed by atoms with Crippen molar-refractivity contribution in [2.24, 2.45) is 0 Å². The summed E-state index contributed by atoms with van der Waals surface area (Å²) in [6.07, 6.45) is 5.45. The summed E-state index contributed by atoms with van der Waals surface area (Å²) in [4.78, 5) is 4.51. The normalized spacial score (nSPS) is 21.0. The van der Waals surface area contributed by atoms with E-state index in [1.54, 1.807) is 0 Å². The average Bonchev–Trinajstić information content (AvgIpc) is 2.47. The van der Waals surface area contributed by atoms with Crippen molar-refractivity contribution in [1.82, 2.24) is 10.3 Å². The number of nitrogens with one attached hydrogen (secondary N) is 1. The van der Waals surface area contributed by atoms with Crippen LogP contribution >= 0.6 is 0 Å². The number of benzene rings is 1. The van der Waals surface area contributed by atoms with Crippen molar-refractivity contribution in [2.45, 2.75) is 51.6 Å². The average molecular weight is 280 g/mol. The highest BCUT2D eigenvalue weighted by Gasteiger charge is 2.30. The molecule has 0 aliphatic heterocycles. The van der Waals surface area contributed by atoms with Crippen molar-refractivity contribution in [3.05, 3.63) is 65.0 Å². The van der Waals surface area contributed by atoms with E-state index in [0.717, 1.165) is 18.9 Å². The van der Waals surface area contributed by atoms with Crippen molar-refractivity contribution >= 4 is 0 Å². The van der Waals surface area contributed by atoms with Gasteiger partial charge in [-0.1, -0.05) is 37.3 Å². The first-order chi connectivity index (χ1) is 10.3. The highest BCUT2D eigenvalue weighted by Crippen LogP contribution is 2.38. The van der Waals surface area contributed by atoms with E-state index in [9.17, 15) is 0 Å². The molecule has 1 heterocycles. The zero-order valence-electron chi connectivity index (χ0n) is 13.0. The lowest BCUT2D eigenvalue weighted by Gasteiger charge is -2.37. The highest BCUT2D eigenvalue weighted by atomic mass is 14.9. The van der Waals surface area contributed by atoms with Crippen LogP contribution in [0.5, 0.6) is 0 Å². The minimum Gasteiger partial charge on any atom is -0.308 e. The van der Waals surface area contributed by atoms with Crippen LogP contribution in [0.2, 0.25) is 0 Å². The van der Waals surface area contributed by atoms with E-state index in [1.165, 1.54) is 35.2 Å². The number of hydrogen-bond donors (Lipinski definition) is 1. The van der Waals surface area contributed by atoms with Crippen LogP contribution in [0, 0.1) is 6.92 Å². The fourth-order valence-corrected chi connectivity index (χ4v) is 3.28. The van der Waals surface area contributed by atoms with Gasteiger partial charge in [0.1, 0.15) is 0 Å². The molecule has 0 saturated heterocycles. The topological polar surface area (TPSA) is 24.9 Å². The van der Waals surface area contributed by atoms with E-state index < -0.39 is 0 Å². The monoisotopic (exact) mass is 280 g/mol. The molecule has 0 bridgehead atoms. The van der Waals surface area contributed by atoms with E-state index in [2.05, 4.69) is 54.5 Å². The van der Waals surface area contributed by atoms with Gasteiger partial charge >= 0.3 is 0 Å². The third-order valence-electron chi connectivity index (χ3n) is 4.69. The maximum atomic E-state index is 4.51. The fraction of sp³-hybridized carbons (Fsp3) is 0.421. The Balaban J connectivity index is 1.53. The molecule has 1 aromatic carbocycles. The van der Waals surface area contributed by atoms with Crippen molar-refractivity contribution < 1.29 is 0 Å². The van der Waals surface area contributed by atoms with Gasteiger partial charge in [0.05, 0.1) is 5.69 Å². The first-order valence-electron chi connectivity index (χ1n) is 7.99. The van der Waals surface area contributed by atoms with E-state index >= 15 is 0 Å². The highest BCUT2D eigenvalue weighted by molar-refractivity contribution is 5.31. The second kappa shape index (κ2) is 6.40. The van der Waals surface area contributed by atoms with Crippen LogP contribution in [0.3, 0.4) is 0 Å². The van der Waals surface area contributed by atoms with E-state index in [-0.39, 0.29) is 0 Å². The van der Waals surface area contributed by atoms with E-state index in [0.29, 0.717) is 6.04 Å². The van der Waals surface area contributed by atoms with Crippen LogP contribution in [0.15, 0.2) is 42.6 Å². The van der Waals surface area contributed by atoms with Crippen molar-refractivity contribution in [3.63, 3.8) is 0 Å². The molecule has 3 rings (SSSR count). The zero-order valence-corrected chi connectivity index (χ0v) is 13.0. The summed E-state index contributed by atoms with van der Waals surface area (Å²) in [6, 6.07) is 13.6. The van der Waals surface area contributed by atoms with Crippen molar-refractivity contribution in [3.8, 4) is 0 Å². The standard InChI is InChI=1S/C19H24N2/c1-3-15-8-6-10-20-19(15)13-21-17-11-16(12-17)18-9-5-4-7-14(18)2/h4-10,16-17,21H,3,11-13H2,1-2H3. The summed E-state index contributed by atoms with van der Waals surface area (Å²) in [6.45, 7) is 5.31. The lowest BCUT2D eigenvalue weighted by Crippen LogP contribution is -2.40. The Hall–Kier alpha value is -1.67. The molecule has 2 aromatic rings. The molecule has 0 radical (unpaired) electrons. The first-order valence-corrected chi connectivity index (χ1v) is 7.99. The quantitative estimate of drug-likeness (QED) is 0.896. The van der Waals surface area contributed by atoms with Gasteiger partial charge in [0, 0.05) is 18.8 Å². The summed E-state index contributed by atoms with van der Waals surface area (Å²) in [5.41, 5.74) is 5.53. The predicted octanol–water partition coefficient (Wildman–Crippen LogP) is 3.99. The Kier molecular flexibility index (Phi) is 4.35. The number of hydrogen-bond acceptors (Lipinski definition) is 2. The van der Waals surface area contributed by atoms with Gasteiger partial charge in [-0.2, -0.15) is 0 Å². The van der Waals surface area contributed by atoms with Crippen LogP contribution in [-0.4, -0.2) is 11.0 Å². The molecule has 2 heteroatoms. The van der Waals surface area contributed by atoms with Crippen LogP contribution in [0.4, 0.5) is 0 Å². The van der Waals surface area contributed by atoms with Gasteiger partial charge < -0.3 is 5.32 Å². The predicted molar refractivity (Wildman–Crippen MR) is 87.4 cm³/mol. The maximum absolute atomic E-state index is 4.51. The second-order valence-corrected chi connectivity index (χ2v) is 6.07. The Morgan fingerprint density at radius 3 is 2.71 bits per heavy atom. The molecule has 1 N–H and O–H groups in total. The fourth-order valence-electron chi connectivity index (χ4n) is 3.28. The molecule has 21 heavy (non-hydrogen) atoms. The Labute approximate surface area is 127 Å². The minimum absolute atomic E-state index is 0.640. The molecule has 110 valence electrons. The molecule has 0 unspecified atom stereocenters. The largest absolute Gasteiger partial charge is 0.308 e. The van der Waals surface area contributed by atoms with E-state index in [4.69, 9.17) is 0 Å². The third kappa shape index (κ3) is 3.16. The summed E-state index contributed by atoms with van der Waals surface area (Å²) in [5, 5.41) is 3.67. The van der Waals surface area contributed by atoms with Gasteiger partial charge in [-0.15, -0.1) is 0 Å². The molecular weight excluding hydrogens is 256 g/mol. The number of aryl methyl sites for hydroxylation is 2. The molecule has 0 spiro atoms. The van der Waals surface area contributed by atoms with Crippen LogP contribution in [0.1, 0.15) is 48.1 Å². The lowest BCUT2D eigenvalue weighted by molar-refractivity contribution is 0.287. The molecule has 1 saturated carbocycles. The van der Waals surface area contributed by atoms with Gasteiger partial charge in [0.2, 0.25) is 0 Å². The van der Waals surface area contributed by atoms with Crippen LogP contribution < -0.4 is 5.32 Å². The van der Waals surface area contributed by atoms with Gasteiger partial charge in [-0.25, -0.2) is 0 Å². The third-order valence-corrected chi connectivity index (χ3v) is 4.69. The van der Waals surface area contributed by atoms with Gasteiger partial charge in [0.15, 0.2) is 0 Å². The number of nitrogens with zero attached hydrogens (tertiary/aromatic N) is 1. The Bertz CT molecular complexity index is 600. The van der Waals surface area contributed by atoms with Crippen LogP contribution in [0.25, 0.3) is 0 Å². The molecule has 1 aliphatic carbocycles. The molecule has 2 nitrogen and oxygen atoms in total. The van der Waals surface area contributed by atoms with Gasteiger partial charge in [-0.05, 0) is 54.9 Å². The molecule has 0 atom stereocenters. The summed E-state index contributed by atoms with van der Waals surface area (Å²) < 4.78 is 0. The smallest absolute Gasteiger partial charge is 0.0573 e. The van der Waals surface area contributed by atoms with E-state index in [1.807, 2.05) is 12.3 Å². The summed E-state index contributed by atoms with van der Waals surface area (Å²) in [5.74, 6) is 0.734. The number of rotatable bonds is 5. The summed E-state index contributed by atoms with van der Waals surface area (Å²) >= 11 is 0. The summed E-state index contributed by atoms with van der Waals surface area (Å²) in [7, 11) is 0. The van der Waals surface area contributed by atoms with Crippen LogP contribution in [-0.2, 0) is 13.0 Å². The Morgan fingerprint density at radius 2 is 1.95 bits per heavy atom. The van der Waals surface area contributed by atoms with Crippen molar-refractivity contribution in [2.75, 3.05) is 0 Å². The van der Waals surface area contributed by atoms with Crippen molar-refractivity contribution in [1.29, 1.82) is 0 Å².